The zero-order valence-corrected chi connectivity index (χ0v) is 12.7. The van der Waals surface area contributed by atoms with Gasteiger partial charge >= 0.3 is 0 Å². The summed E-state index contributed by atoms with van der Waals surface area (Å²) in [6.45, 7) is 0.204. The van der Waals surface area contributed by atoms with Crippen LogP contribution in [0.25, 0.3) is 17.0 Å². The lowest BCUT2D eigenvalue weighted by atomic mass is 10.1. The summed E-state index contributed by atoms with van der Waals surface area (Å²) in [5, 5.41) is 3.79. The van der Waals surface area contributed by atoms with E-state index < -0.39 is 0 Å². The van der Waals surface area contributed by atoms with Gasteiger partial charge in [-0.05, 0) is 24.3 Å². The number of carbonyl (C=O) groups is 1. The summed E-state index contributed by atoms with van der Waals surface area (Å²) in [4.78, 5) is 16.5. The molecule has 1 N–H and O–H groups in total. The molecule has 0 saturated carbocycles. The minimum atomic E-state index is -0.220. The molecule has 0 radical (unpaired) electrons. The number of anilines is 1. The Balaban J connectivity index is 1.56. The Bertz CT molecular complexity index is 945. The summed E-state index contributed by atoms with van der Waals surface area (Å²) in [5.41, 5.74) is 2.37. The molecule has 2 heterocycles. The fraction of sp³-hybridized carbons (Fsp3) is 0.0526. The first-order valence-corrected chi connectivity index (χ1v) is 7.53. The van der Waals surface area contributed by atoms with Crippen LogP contribution < -0.4 is 14.8 Å². The van der Waals surface area contributed by atoms with E-state index in [1.54, 1.807) is 18.3 Å². The maximum absolute atomic E-state index is 12.2. The Morgan fingerprint density at radius 1 is 1.08 bits per heavy atom. The van der Waals surface area contributed by atoms with Gasteiger partial charge in [-0.2, -0.15) is 0 Å². The predicted octanol–water partition coefficient (Wildman–Crippen LogP) is 3.62. The lowest BCUT2D eigenvalue weighted by Crippen LogP contribution is -2.08. The van der Waals surface area contributed by atoms with Gasteiger partial charge in [-0.1, -0.05) is 30.3 Å². The predicted molar refractivity (Wildman–Crippen MR) is 92.0 cm³/mol. The van der Waals surface area contributed by atoms with E-state index in [4.69, 9.17) is 9.47 Å². The fourth-order valence-corrected chi connectivity index (χ4v) is 2.63. The van der Waals surface area contributed by atoms with Crippen molar-refractivity contribution in [2.24, 2.45) is 0 Å². The summed E-state index contributed by atoms with van der Waals surface area (Å²) in [6, 6.07) is 15.0. The molecular formula is C19H14N2O3. The molecule has 0 fully saturated rings. The standard InChI is InChI=1S/C19H14N2O3/c22-18(9-8-13-4-3-7-17-19(13)24-12-23-17)21-16-10-11-20-15-6-2-1-5-14(15)16/h1-11H,12H2,(H,20,21,22). The number of nitrogens with zero attached hydrogens (tertiary/aromatic N) is 1. The number of para-hydroxylation sites is 2. The maximum atomic E-state index is 12.2. The lowest BCUT2D eigenvalue weighted by molar-refractivity contribution is -0.111. The SMILES string of the molecule is O=C(C=Cc1cccc2c1OCO2)Nc1ccnc2ccccc12. The molecule has 5 heteroatoms. The van der Waals surface area contributed by atoms with Gasteiger partial charge in [0.2, 0.25) is 12.7 Å². The Morgan fingerprint density at radius 2 is 2.00 bits per heavy atom. The molecule has 0 aliphatic carbocycles. The van der Waals surface area contributed by atoms with Crippen LogP contribution in [0, 0.1) is 0 Å². The molecular weight excluding hydrogens is 304 g/mol. The van der Waals surface area contributed by atoms with Crippen molar-refractivity contribution in [3.8, 4) is 11.5 Å². The Labute approximate surface area is 138 Å². The Kier molecular flexibility index (Phi) is 3.59. The summed E-state index contributed by atoms with van der Waals surface area (Å²) in [5.74, 6) is 1.14. The van der Waals surface area contributed by atoms with Gasteiger partial charge in [0.25, 0.3) is 0 Å². The first-order chi connectivity index (χ1) is 11.8. The minimum Gasteiger partial charge on any atom is -0.454 e. The number of fused-ring (bicyclic) bond motifs is 2. The van der Waals surface area contributed by atoms with E-state index in [0.717, 1.165) is 22.2 Å². The second kappa shape index (κ2) is 6.04. The highest BCUT2D eigenvalue weighted by Gasteiger charge is 2.15. The van der Waals surface area contributed by atoms with Gasteiger partial charge < -0.3 is 14.8 Å². The van der Waals surface area contributed by atoms with Gasteiger partial charge in [0.1, 0.15) is 0 Å². The summed E-state index contributed by atoms with van der Waals surface area (Å²) in [7, 11) is 0. The van der Waals surface area contributed by atoms with E-state index in [9.17, 15) is 4.79 Å². The van der Waals surface area contributed by atoms with Crippen LogP contribution >= 0.6 is 0 Å². The zero-order valence-electron chi connectivity index (χ0n) is 12.7. The van der Waals surface area contributed by atoms with E-state index in [2.05, 4.69) is 10.3 Å². The minimum absolute atomic E-state index is 0.204. The number of carbonyl (C=O) groups excluding carboxylic acids is 1. The van der Waals surface area contributed by atoms with Crippen molar-refractivity contribution in [1.29, 1.82) is 0 Å². The van der Waals surface area contributed by atoms with Crippen LogP contribution in [0.5, 0.6) is 11.5 Å². The van der Waals surface area contributed by atoms with Crippen LogP contribution in [0.4, 0.5) is 5.69 Å². The van der Waals surface area contributed by atoms with E-state index >= 15 is 0 Å². The Hall–Kier alpha value is -3.34. The van der Waals surface area contributed by atoms with Gasteiger partial charge in [0.15, 0.2) is 11.5 Å². The van der Waals surface area contributed by atoms with Crippen molar-refractivity contribution >= 4 is 28.6 Å². The van der Waals surface area contributed by atoms with Crippen LogP contribution in [-0.2, 0) is 4.79 Å². The number of amides is 1. The zero-order chi connectivity index (χ0) is 16.4. The normalized spacial score (nSPS) is 12.7. The second-order valence-corrected chi connectivity index (χ2v) is 5.28. The van der Waals surface area contributed by atoms with Gasteiger partial charge in [0.05, 0.1) is 11.2 Å². The third kappa shape index (κ3) is 2.67. The van der Waals surface area contributed by atoms with Crippen molar-refractivity contribution < 1.29 is 14.3 Å². The van der Waals surface area contributed by atoms with Crippen LogP contribution in [0.3, 0.4) is 0 Å². The number of nitrogens with one attached hydrogen (secondary N) is 1. The summed E-state index contributed by atoms with van der Waals surface area (Å²) < 4.78 is 10.8. The van der Waals surface area contributed by atoms with Crippen molar-refractivity contribution in [2.75, 3.05) is 12.1 Å². The average molecular weight is 318 g/mol. The van der Waals surface area contributed by atoms with Crippen molar-refractivity contribution in [3.05, 3.63) is 66.4 Å². The molecule has 3 aromatic rings. The Morgan fingerprint density at radius 3 is 2.96 bits per heavy atom. The van der Waals surface area contributed by atoms with Crippen molar-refractivity contribution in [3.63, 3.8) is 0 Å². The molecule has 0 saturated heterocycles. The van der Waals surface area contributed by atoms with E-state index in [1.165, 1.54) is 6.08 Å². The molecule has 24 heavy (non-hydrogen) atoms. The van der Waals surface area contributed by atoms with Crippen LogP contribution in [-0.4, -0.2) is 17.7 Å². The second-order valence-electron chi connectivity index (χ2n) is 5.28. The summed E-state index contributed by atoms with van der Waals surface area (Å²) >= 11 is 0. The molecule has 4 rings (SSSR count). The summed E-state index contributed by atoms with van der Waals surface area (Å²) in [6.07, 6.45) is 4.87. The number of hydrogen-bond donors (Lipinski definition) is 1. The van der Waals surface area contributed by atoms with E-state index in [-0.39, 0.29) is 12.7 Å². The highest BCUT2D eigenvalue weighted by atomic mass is 16.7. The fourth-order valence-electron chi connectivity index (χ4n) is 2.63. The maximum Gasteiger partial charge on any atom is 0.248 e. The number of benzene rings is 2. The molecule has 0 bridgehead atoms. The molecule has 1 amide bonds. The van der Waals surface area contributed by atoms with Gasteiger partial charge in [-0.15, -0.1) is 0 Å². The first-order valence-electron chi connectivity index (χ1n) is 7.53. The average Bonchev–Trinajstić information content (AvgIpc) is 3.09. The topological polar surface area (TPSA) is 60.5 Å². The quantitative estimate of drug-likeness (QED) is 0.749. The van der Waals surface area contributed by atoms with Crippen molar-refractivity contribution in [1.82, 2.24) is 4.98 Å². The van der Waals surface area contributed by atoms with Gasteiger partial charge in [0, 0.05) is 23.2 Å². The lowest BCUT2D eigenvalue weighted by Gasteiger charge is -2.06. The van der Waals surface area contributed by atoms with Gasteiger partial charge in [-0.25, -0.2) is 0 Å². The molecule has 118 valence electrons. The molecule has 5 nitrogen and oxygen atoms in total. The smallest absolute Gasteiger partial charge is 0.248 e. The van der Waals surface area contributed by atoms with Crippen molar-refractivity contribution in [2.45, 2.75) is 0 Å². The molecule has 1 aromatic heterocycles. The third-order valence-electron chi connectivity index (χ3n) is 3.75. The molecule has 0 atom stereocenters. The highest BCUT2D eigenvalue weighted by Crippen LogP contribution is 2.35. The van der Waals surface area contributed by atoms with E-state index in [1.807, 2.05) is 42.5 Å². The largest absolute Gasteiger partial charge is 0.454 e. The highest BCUT2D eigenvalue weighted by molar-refractivity contribution is 6.07. The molecule has 0 spiro atoms. The molecule has 1 aliphatic rings. The van der Waals surface area contributed by atoms with E-state index in [0.29, 0.717) is 11.5 Å². The van der Waals surface area contributed by atoms with Crippen LogP contribution in [0.1, 0.15) is 5.56 Å². The number of rotatable bonds is 3. The molecule has 2 aromatic carbocycles. The molecule has 1 aliphatic heterocycles. The molecule has 0 unspecified atom stereocenters. The third-order valence-corrected chi connectivity index (χ3v) is 3.75. The first kappa shape index (κ1) is 14.3. The van der Waals surface area contributed by atoms with Crippen LogP contribution in [0.2, 0.25) is 0 Å². The van der Waals surface area contributed by atoms with Crippen LogP contribution in [0.15, 0.2) is 60.8 Å². The number of hydrogen-bond acceptors (Lipinski definition) is 4. The monoisotopic (exact) mass is 318 g/mol. The van der Waals surface area contributed by atoms with Gasteiger partial charge in [-0.3, -0.25) is 9.78 Å². The number of pyridine rings is 1. The number of aromatic nitrogens is 1. The number of ether oxygens (including phenoxy) is 2.